The van der Waals surface area contributed by atoms with Crippen LogP contribution < -0.4 is 0 Å². The molecular weight excluding hydrogens is 271 g/mol. The van der Waals surface area contributed by atoms with E-state index in [4.69, 9.17) is 5.11 Å². The van der Waals surface area contributed by atoms with Gasteiger partial charge < -0.3 is 10.0 Å². The summed E-state index contributed by atoms with van der Waals surface area (Å²) >= 11 is 0. The molecule has 1 N–H and O–H groups in total. The third-order valence-corrected chi connectivity index (χ3v) is 4.51. The van der Waals surface area contributed by atoms with Crippen LogP contribution in [0.2, 0.25) is 0 Å². The minimum Gasteiger partial charge on any atom is -0.395 e. The van der Waals surface area contributed by atoms with Gasteiger partial charge in [0.15, 0.2) is 0 Å². The summed E-state index contributed by atoms with van der Waals surface area (Å²) in [5.74, 6) is -0.0436. The third-order valence-electron chi connectivity index (χ3n) is 4.51. The van der Waals surface area contributed by atoms with E-state index < -0.39 is 0 Å². The van der Waals surface area contributed by atoms with E-state index in [9.17, 15) is 9.18 Å². The summed E-state index contributed by atoms with van der Waals surface area (Å²) in [6.07, 6.45) is 0.761. The number of rotatable bonds is 4. The standard InChI is InChI=1S/C16H21FN2O2/c17-15-4-2-1-3-12(15)13-11-14(13)16(21)19-7-5-18(6-8-19)9-10-20/h1-4,13-14,20H,5-11H2/t13-,14+/m1/s1. The highest BCUT2D eigenvalue weighted by molar-refractivity contribution is 5.83. The number of β-amino-alcohol motifs (C(OH)–C–C–N with tert-alkyl or cyclic N) is 1. The molecule has 21 heavy (non-hydrogen) atoms. The minimum atomic E-state index is -0.203. The molecule has 1 saturated heterocycles. The highest BCUT2D eigenvalue weighted by atomic mass is 19.1. The van der Waals surface area contributed by atoms with Crippen molar-refractivity contribution in [3.05, 3.63) is 35.6 Å². The van der Waals surface area contributed by atoms with Crippen LogP contribution in [0.4, 0.5) is 4.39 Å². The molecule has 1 saturated carbocycles. The van der Waals surface area contributed by atoms with Crippen LogP contribution in [0.5, 0.6) is 0 Å². The first-order valence-corrected chi connectivity index (χ1v) is 7.57. The van der Waals surface area contributed by atoms with Crippen molar-refractivity contribution in [2.75, 3.05) is 39.3 Å². The number of carbonyl (C=O) groups is 1. The van der Waals surface area contributed by atoms with Crippen LogP contribution >= 0.6 is 0 Å². The Morgan fingerprint density at radius 1 is 1.24 bits per heavy atom. The number of aliphatic hydroxyl groups excluding tert-OH is 1. The van der Waals surface area contributed by atoms with Crippen LogP contribution in [0.3, 0.4) is 0 Å². The molecule has 1 aromatic rings. The van der Waals surface area contributed by atoms with Crippen LogP contribution in [-0.4, -0.2) is 60.1 Å². The number of hydrogen-bond acceptors (Lipinski definition) is 3. The largest absolute Gasteiger partial charge is 0.395 e. The van der Waals surface area contributed by atoms with Crippen molar-refractivity contribution in [2.24, 2.45) is 5.92 Å². The van der Waals surface area contributed by atoms with Crippen molar-refractivity contribution in [1.29, 1.82) is 0 Å². The maximum absolute atomic E-state index is 13.7. The first-order valence-electron chi connectivity index (χ1n) is 7.57. The SMILES string of the molecule is O=C([C@H]1C[C@@H]1c1ccccc1F)N1CCN(CCO)CC1. The van der Waals surface area contributed by atoms with Crippen LogP contribution in [0.1, 0.15) is 17.9 Å². The van der Waals surface area contributed by atoms with E-state index in [2.05, 4.69) is 4.90 Å². The Morgan fingerprint density at radius 3 is 2.62 bits per heavy atom. The number of hydrogen-bond donors (Lipinski definition) is 1. The smallest absolute Gasteiger partial charge is 0.226 e. The Kier molecular flexibility index (Phi) is 4.22. The Labute approximate surface area is 124 Å². The Bertz CT molecular complexity index is 515. The van der Waals surface area contributed by atoms with Crippen molar-refractivity contribution in [3.63, 3.8) is 0 Å². The Balaban J connectivity index is 1.55. The lowest BCUT2D eigenvalue weighted by atomic mass is 10.1. The molecule has 0 unspecified atom stereocenters. The minimum absolute atomic E-state index is 0.0497. The molecule has 2 aliphatic rings. The van der Waals surface area contributed by atoms with Gasteiger partial charge in [-0.25, -0.2) is 4.39 Å². The van der Waals surface area contributed by atoms with Gasteiger partial charge in [0.05, 0.1) is 6.61 Å². The van der Waals surface area contributed by atoms with Gasteiger partial charge >= 0.3 is 0 Å². The van der Waals surface area contributed by atoms with E-state index in [1.165, 1.54) is 6.07 Å². The van der Waals surface area contributed by atoms with Gasteiger partial charge in [-0.15, -0.1) is 0 Å². The van der Waals surface area contributed by atoms with Crippen LogP contribution in [0.15, 0.2) is 24.3 Å². The average Bonchev–Trinajstić information content (AvgIpc) is 3.28. The quantitative estimate of drug-likeness (QED) is 0.902. The molecule has 1 aliphatic carbocycles. The fraction of sp³-hybridized carbons (Fsp3) is 0.562. The van der Waals surface area contributed by atoms with Crippen molar-refractivity contribution >= 4 is 5.91 Å². The summed E-state index contributed by atoms with van der Waals surface area (Å²) < 4.78 is 13.7. The fourth-order valence-corrected chi connectivity index (χ4v) is 3.16. The first kappa shape index (κ1) is 14.5. The van der Waals surface area contributed by atoms with Gasteiger partial charge in [-0.3, -0.25) is 9.69 Å². The van der Waals surface area contributed by atoms with E-state index in [1.54, 1.807) is 12.1 Å². The molecule has 1 amide bonds. The molecule has 0 spiro atoms. The predicted molar refractivity (Wildman–Crippen MR) is 77.4 cm³/mol. The van der Waals surface area contributed by atoms with Gasteiger partial charge in [-0.1, -0.05) is 18.2 Å². The second-order valence-corrected chi connectivity index (χ2v) is 5.86. The molecule has 3 rings (SSSR count). The zero-order valence-electron chi connectivity index (χ0n) is 12.0. The third kappa shape index (κ3) is 3.09. The highest BCUT2D eigenvalue weighted by Gasteiger charge is 2.47. The molecule has 1 aromatic carbocycles. The molecule has 1 heterocycles. The summed E-state index contributed by atoms with van der Waals surface area (Å²) in [5.41, 5.74) is 0.676. The second-order valence-electron chi connectivity index (χ2n) is 5.86. The molecule has 0 radical (unpaired) electrons. The van der Waals surface area contributed by atoms with Gasteiger partial charge in [0.1, 0.15) is 5.82 Å². The van der Waals surface area contributed by atoms with Crippen molar-refractivity contribution in [3.8, 4) is 0 Å². The Hall–Kier alpha value is -1.46. The zero-order chi connectivity index (χ0) is 14.8. The topological polar surface area (TPSA) is 43.8 Å². The van der Waals surface area contributed by atoms with E-state index in [1.807, 2.05) is 11.0 Å². The second kappa shape index (κ2) is 6.12. The van der Waals surface area contributed by atoms with Crippen molar-refractivity contribution in [1.82, 2.24) is 9.80 Å². The average molecular weight is 292 g/mol. The predicted octanol–water partition coefficient (Wildman–Crippen LogP) is 1.07. The molecule has 2 atom stereocenters. The van der Waals surface area contributed by atoms with Crippen LogP contribution in [0, 0.1) is 11.7 Å². The normalized spacial score (nSPS) is 25.9. The van der Waals surface area contributed by atoms with Crippen molar-refractivity contribution < 1.29 is 14.3 Å². The molecule has 2 fully saturated rings. The van der Waals surface area contributed by atoms with Gasteiger partial charge in [0, 0.05) is 38.6 Å². The number of halogens is 1. The number of nitrogens with zero attached hydrogens (tertiary/aromatic N) is 2. The maximum Gasteiger partial charge on any atom is 0.226 e. The summed E-state index contributed by atoms with van der Waals surface area (Å²) in [6.45, 7) is 3.86. The van der Waals surface area contributed by atoms with Crippen LogP contribution in [0.25, 0.3) is 0 Å². The molecule has 5 heteroatoms. The van der Waals surface area contributed by atoms with E-state index in [0.29, 0.717) is 25.2 Å². The van der Waals surface area contributed by atoms with Gasteiger partial charge in [0.2, 0.25) is 5.91 Å². The Morgan fingerprint density at radius 2 is 1.95 bits per heavy atom. The molecule has 4 nitrogen and oxygen atoms in total. The van der Waals surface area contributed by atoms with Gasteiger partial charge in [-0.05, 0) is 24.0 Å². The lowest BCUT2D eigenvalue weighted by Crippen LogP contribution is -2.49. The number of carbonyl (C=O) groups excluding carboxylic acids is 1. The first-order chi connectivity index (χ1) is 10.2. The van der Waals surface area contributed by atoms with E-state index >= 15 is 0 Å². The zero-order valence-corrected chi connectivity index (χ0v) is 12.0. The summed E-state index contributed by atoms with van der Waals surface area (Å²) in [6, 6.07) is 6.75. The molecule has 0 aromatic heterocycles. The van der Waals surface area contributed by atoms with Gasteiger partial charge in [0.25, 0.3) is 0 Å². The lowest BCUT2D eigenvalue weighted by Gasteiger charge is -2.34. The maximum atomic E-state index is 13.7. The summed E-state index contributed by atoms with van der Waals surface area (Å²) in [7, 11) is 0. The van der Waals surface area contributed by atoms with E-state index in [-0.39, 0.29) is 30.2 Å². The number of aliphatic hydroxyl groups is 1. The number of benzene rings is 1. The highest BCUT2D eigenvalue weighted by Crippen LogP contribution is 2.49. The van der Waals surface area contributed by atoms with Gasteiger partial charge in [-0.2, -0.15) is 0 Å². The summed E-state index contributed by atoms with van der Waals surface area (Å²) in [4.78, 5) is 16.5. The molecule has 114 valence electrons. The number of piperazine rings is 1. The van der Waals surface area contributed by atoms with Crippen LogP contribution in [-0.2, 0) is 4.79 Å². The molecule has 0 bridgehead atoms. The molecule has 1 aliphatic heterocycles. The van der Waals surface area contributed by atoms with Crippen molar-refractivity contribution in [2.45, 2.75) is 12.3 Å². The summed E-state index contributed by atoms with van der Waals surface area (Å²) in [5, 5.41) is 8.92. The number of amides is 1. The fourth-order valence-electron chi connectivity index (χ4n) is 3.16. The lowest BCUT2D eigenvalue weighted by molar-refractivity contribution is -0.134. The monoisotopic (exact) mass is 292 g/mol. The molecular formula is C16H21FN2O2. The van der Waals surface area contributed by atoms with E-state index in [0.717, 1.165) is 19.5 Å².